The average Bonchev–Trinajstić information content (AvgIpc) is 3.28. The molecule has 2 saturated carbocycles. The fourth-order valence-corrected chi connectivity index (χ4v) is 10.6. The molecule has 4 aliphatic rings. The fraction of sp³-hybridized carbons (Fsp3) is 0.469. The minimum atomic E-state index is -2.43. The highest BCUT2D eigenvalue weighted by atomic mass is 16.6. The Kier molecular flexibility index (Phi) is 13.0. The smallest absolute Gasteiger partial charge is 0.338 e. The van der Waals surface area contributed by atoms with Gasteiger partial charge in [0, 0.05) is 37.7 Å². The Hall–Kier alpha value is -6.14. The molecule has 11 atom stereocenters. The Bertz CT molecular complexity index is 2440. The van der Waals surface area contributed by atoms with Crippen molar-refractivity contribution in [3.05, 3.63) is 107 Å². The third-order valence-electron chi connectivity index (χ3n) is 14.1. The van der Waals surface area contributed by atoms with Crippen LogP contribution in [0.4, 0.5) is 0 Å². The van der Waals surface area contributed by atoms with Gasteiger partial charge in [-0.15, -0.1) is 0 Å². The highest BCUT2D eigenvalue weighted by Gasteiger charge is 2.78. The molecule has 1 amide bonds. The van der Waals surface area contributed by atoms with Gasteiger partial charge in [-0.05, 0) is 67.0 Å². The highest BCUT2D eigenvalue weighted by Crippen LogP contribution is 2.64. The SMILES string of the molecule is COc1ccc([C@H](NC(=O)c2ccccc2)[C@@H](O)C(=O)O[C@H]2C[C@@]3(O)[C@@H](OC(=O)c4ccccc4)C4[C@](C)(C(=O)[C@H](OC(C)=O)C(=C2C)C3(C)C)[C@@H](O)C[C@H]2OC[C@@]42OC(C)=O)cc1OC. The molecule has 2 bridgehead atoms. The number of ether oxygens (including phenoxy) is 7. The van der Waals surface area contributed by atoms with Crippen molar-refractivity contribution in [2.75, 3.05) is 20.8 Å². The zero-order valence-electron chi connectivity index (χ0n) is 37.9. The van der Waals surface area contributed by atoms with E-state index in [0.29, 0.717) is 5.75 Å². The number of nitrogens with one attached hydrogen (secondary N) is 1. The van der Waals surface area contributed by atoms with Crippen LogP contribution < -0.4 is 14.8 Å². The van der Waals surface area contributed by atoms with Crippen molar-refractivity contribution in [2.24, 2.45) is 16.7 Å². The molecule has 4 N–H and O–H groups in total. The maximum absolute atomic E-state index is 15.6. The number of rotatable bonds is 12. The maximum atomic E-state index is 15.6. The van der Waals surface area contributed by atoms with Crippen LogP contribution in [0, 0.1) is 16.7 Å². The largest absolute Gasteiger partial charge is 0.493 e. The van der Waals surface area contributed by atoms with E-state index < -0.39 is 113 Å². The van der Waals surface area contributed by atoms with Gasteiger partial charge in [0.1, 0.15) is 23.9 Å². The summed E-state index contributed by atoms with van der Waals surface area (Å²) < 4.78 is 41.2. The molecule has 17 heteroatoms. The standard InChI is InChI=1S/C49H55NO16/c1-25-33(64-45(58)38(54)37(50-43(56)28-15-11-9-12-16-28)30-19-20-31(60-7)32(21-30)61-8)23-49(59)42(65-44(57)29-17-13-10-14-18-29)40-47(6,34(53)22-35-48(40,24-62-35)66-27(3)52)41(55)39(63-26(2)51)36(25)46(49,4)5/h9-21,33-35,37-40,42,53-54,59H,22-24H2,1-8H3,(H,50,56)/t33-,34-,35+,37-,38+,39+,40?,42-,47+,48-,49+/m0/s1. The predicted molar refractivity (Wildman–Crippen MR) is 231 cm³/mol. The molecule has 352 valence electrons. The second kappa shape index (κ2) is 17.9. The van der Waals surface area contributed by atoms with Gasteiger partial charge in [-0.1, -0.05) is 56.3 Å². The lowest BCUT2D eigenvalue weighted by Gasteiger charge is -2.67. The second-order valence-corrected chi connectivity index (χ2v) is 18.1. The number of esters is 4. The van der Waals surface area contributed by atoms with Crippen molar-refractivity contribution >= 4 is 35.6 Å². The average molecular weight is 914 g/mol. The number of benzene rings is 3. The zero-order valence-corrected chi connectivity index (χ0v) is 37.9. The summed E-state index contributed by atoms with van der Waals surface area (Å²) >= 11 is 0. The number of aliphatic hydroxyl groups is 3. The van der Waals surface area contributed by atoms with Crippen LogP contribution in [-0.4, -0.2) is 120 Å². The summed E-state index contributed by atoms with van der Waals surface area (Å²) in [5.74, 6) is -6.51. The number of aliphatic hydroxyl groups excluding tert-OH is 2. The number of hydrogen-bond acceptors (Lipinski definition) is 16. The van der Waals surface area contributed by atoms with Crippen LogP contribution in [0.3, 0.4) is 0 Å². The number of carbonyl (C=O) groups is 6. The topological polar surface area (TPSA) is 240 Å². The lowest BCUT2D eigenvalue weighted by molar-refractivity contribution is -0.346. The van der Waals surface area contributed by atoms with Gasteiger partial charge in [-0.3, -0.25) is 19.2 Å². The Morgan fingerprint density at radius 1 is 0.833 bits per heavy atom. The Labute approximate surface area is 381 Å². The van der Waals surface area contributed by atoms with Gasteiger partial charge in [-0.25, -0.2) is 9.59 Å². The van der Waals surface area contributed by atoms with Crippen LogP contribution in [0.25, 0.3) is 0 Å². The molecule has 1 unspecified atom stereocenters. The van der Waals surface area contributed by atoms with Crippen molar-refractivity contribution in [1.29, 1.82) is 0 Å². The van der Waals surface area contributed by atoms with E-state index in [9.17, 15) is 39.3 Å². The summed E-state index contributed by atoms with van der Waals surface area (Å²) in [6, 6.07) is 18.9. The molecule has 3 aromatic rings. The third kappa shape index (κ3) is 7.90. The fourth-order valence-electron chi connectivity index (χ4n) is 10.6. The van der Waals surface area contributed by atoms with E-state index in [1.165, 1.54) is 70.5 Å². The second-order valence-electron chi connectivity index (χ2n) is 18.1. The van der Waals surface area contributed by atoms with E-state index in [-0.39, 0.29) is 46.6 Å². The van der Waals surface area contributed by atoms with Crippen LogP contribution in [0.15, 0.2) is 90.0 Å². The third-order valence-corrected chi connectivity index (χ3v) is 14.1. The Morgan fingerprint density at radius 3 is 2.02 bits per heavy atom. The molecule has 3 aromatic carbocycles. The molecule has 7 rings (SSSR count). The lowest BCUT2D eigenvalue weighted by atomic mass is 9.44. The highest BCUT2D eigenvalue weighted by molar-refractivity contribution is 5.96. The molecule has 1 heterocycles. The lowest BCUT2D eigenvalue weighted by Crippen LogP contribution is -2.82. The number of Topliss-reactive ketones (excluding diaryl/α,β-unsaturated/α-hetero) is 1. The molecule has 1 saturated heterocycles. The van der Waals surface area contributed by atoms with Crippen molar-refractivity contribution in [2.45, 2.75) is 108 Å². The summed E-state index contributed by atoms with van der Waals surface area (Å²) in [5.41, 5.74) is -7.41. The summed E-state index contributed by atoms with van der Waals surface area (Å²) in [6.07, 6.45) is -10.8. The molecular formula is C49H55NO16. The summed E-state index contributed by atoms with van der Waals surface area (Å²) in [6.45, 7) is 7.89. The molecule has 66 heavy (non-hydrogen) atoms. The van der Waals surface area contributed by atoms with Crippen LogP contribution >= 0.6 is 0 Å². The first-order valence-electron chi connectivity index (χ1n) is 21.5. The van der Waals surface area contributed by atoms with Crippen molar-refractivity contribution in [1.82, 2.24) is 5.32 Å². The van der Waals surface area contributed by atoms with Crippen LogP contribution in [0.5, 0.6) is 11.5 Å². The number of hydrogen-bond donors (Lipinski definition) is 4. The van der Waals surface area contributed by atoms with Crippen molar-refractivity contribution < 1.29 is 77.2 Å². The first-order chi connectivity index (χ1) is 31.2. The van der Waals surface area contributed by atoms with Crippen LogP contribution in [0.2, 0.25) is 0 Å². The van der Waals surface area contributed by atoms with Gasteiger partial charge in [0.05, 0.1) is 49.9 Å². The predicted octanol–water partition coefficient (Wildman–Crippen LogP) is 3.75. The van der Waals surface area contributed by atoms with Crippen LogP contribution in [0.1, 0.15) is 86.7 Å². The first kappa shape index (κ1) is 47.8. The molecule has 0 spiro atoms. The maximum Gasteiger partial charge on any atom is 0.338 e. The normalized spacial score (nSPS) is 30.6. The van der Waals surface area contributed by atoms with Gasteiger partial charge in [0.2, 0.25) is 0 Å². The number of methoxy groups -OCH3 is 2. The quantitative estimate of drug-likeness (QED) is 0.115. The molecule has 0 radical (unpaired) electrons. The Morgan fingerprint density at radius 2 is 1.45 bits per heavy atom. The van der Waals surface area contributed by atoms with E-state index >= 15 is 4.79 Å². The monoisotopic (exact) mass is 913 g/mol. The van der Waals surface area contributed by atoms with Crippen molar-refractivity contribution in [3.8, 4) is 11.5 Å². The van der Waals surface area contributed by atoms with E-state index in [1.54, 1.807) is 50.2 Å². The number of ketones is 1. The van der Waals surface area contributed by atoms with E-state index in [2.05, 4.69) is 5.32 Å². The summed E-state index contributed by atoms with van der Waals surface area (Å²) in [4.78, 5) is 84.2. The van der Waals surface area contributed by atoms with E-state index in [0.717, 1.165) is 13.8 Å². The molecular weight excluding hydrogens is 859 g/mol. The van der Waals surface area contributed by atoms with Gasteiger partial charge < -0.3 is 53.8 Å². The minimum absolute atomic E-state index is 0.0290. The van der Waals surface area contributed by atoms with Gasteiger partial charge in [0.15, 0.2) is 35.1 Å². The van der Waals surface area contributed by atoms with Gasteiger partial charge in [0.25, 0.3) is 5.91 Å². The minimum Gasteiger partial charge on any atom is -0.493 e. The van der Waals surface area contributed by atoms with Crippen molar-refractivity contribution in [3.63, 3.8) is 0 Å². The molecule has 0 aromatic heterocycles. The molecule has 3 fully saturated rings. The molecule has 1 aliphatic heterocycles. The number of carbonyl (C=O) groups excluding carboxylic acids is 6. The number of fused-ring (bicyclic) bond motifs is 5. The van der Waals surface area contributed by atoms with Crippen LogP contribution in [-0.2, 0) is 42.9 Å². The molecule has 3 aliphatic carbocycles. The summed E-state index contributed by atoms with van der Waals surface area (Å²) in [5, 5.41) is 40.6. The van der Waals surface area contributed by atoms with Gasteiger partial charge >= 0.3 is 23.9 Å². The van der Waals surface area contributed by atoms with Gasteiger partial charge in [-0.2, -0.15) is 0 Å². The van der Waals surface area contributed by atoms with E-state index in [1.807, 2.05) is 0 Å². The number of amides is 1. The Balaban J connectivity index is 1.39. The molecule has 17 nitrogen and oxygen atoms in total. The zero-order chi connectivity index (χ0) is 48.1. The van der Waals surface area contributed by atoms with E-state index in [4.69, 9.17) is 33.2 Å². The summed E-state index contributed by atoms with van der Waals surface area (Å²) in [7, 11) is 2.81. The first-order valence-corrected chi connectivity index (χ1v) is 21.5.